The number of methoxy groups -OCH3 is 2. The van der Waals surface area contributed by atoms with E-state index in [0.717, 1.165) is 6.07 Å². The van der Waals surface area contributed by atoms with Crippen LogP contribution >= 0.6 is 11.9 Å². The number of rotatable bonds is 13. The van der Waals surface area contributed by atoms with Crippen LogP contribution in [0.1, 0.15) is 19.8 Å². The highest BCUT2D eigenvalue weighted by Crippen LogP contribution is 2.41. The van der Waals surface area contributed by atoms with Gasteiger partial charge in [-0.1, -0.05) is 0 Å². The van der Waals surface area contributed by atoms with Crippen LogP contribution in [0.3, 0.4) is 0 Å². The topological polar surface area (TPSA) is 200 Å². The van der Waals surface area contributed by atoms with E-state index in [1.54, 1.807) is 11.0 Å². The molecule has 0 aliphatic rings. The third-order valence-electron chi connectivity index (χ3n) is 5.14. The summed E-state index contributed by atoms with van der Waals surface area (Å²) in [6, 6.07) is 6.23. The van der Waals surface area contributed by atoms with Crippen molar-refractivity contribution in [2.45, 2.75) is 24.7 Å². The SMILES string of the molecule is [C-]#[N+]Sc1cc(N=Nc2ccc(N(CCC(=O)OC)CCC(=O)OC)cc2NC(C)=O)c([N+](=O)[O-])cc1[N+](=O)[O-]. The minimum absolute atomic E-state index is 0.00334. The van der Waals surface area contributed by atoms with E-state index in [0.29, 0.717) is 23.7 Å². The van der Waals surface area contributed by atoms with E-state index in [9.17, 15) is 34.6 Å². The van der Waals surface area contributed by atoms with Crippen LogP contribution in [0.15, 0.2) is 45.5 Å². The maximum atomic E-state index is 11.9. The fraction of sp³-hybridized carbons (Fsp3) is 0.304. The van der Waals surface area contributed by atoms with Gasteiger partial charge in [-0.3, -0.25) is 34.6 Å². The number of carbonyl (C=O) groups excluding carboxylic acids is 3. The molecule has 0 fully saturated rings. The second kappa shape index (κ2) is 14.7. The number of hydrogen-bond donors (Lipinski definition) is 1. The molecule has 0 saturated carbocycles. The van der Waals surface area contributed by atoms with Crippen molar-refractivity contribution in [2.75, 3.05) is 37.5 Å². The first-order chi connectivity index (χ1) is 19.0. The molecule has 40 heavy (non-hydrogen) atoms. The standard InChI is InChI=1S/C23H23N7O9S/c1-14(31)25-17-11-15(28(9-7-22(32)38-3)10-8-23(33)39-4)5-6-16(17)26-27-18-12-21(40-24-2)20(30(36)37)13-19(18)29(34)35/h5-6,11-13H,7-10H2,1,3-4H3,(H,25,31). The van der Waals surface area contributed by atoms with Crippen LogP contribution in [0.2, 0.25) is 0 Å². The first-order valence-corrected chi connectivity index (χ1v) is 12.0. The summed E-state index contributed by atoms with van der Waals surface area (Å²) >= 11 is 0.417. The number of esters is 2. The van der Waals surface area contributed by atoms with E-state index in [1.165, 1.54) is 33.3 Å². The summed E-state index contributed by atoms with van der Waals surface area (Å²) in [4.78, 5) is 58.0. The Morgan fingerprint density at radius 3 is 2.05 bits per heavy atom. The minimum atomic E-state index is -0.869. The first kappa shape index (κ1) is 31.1. The normalized spacial score (nSPS) is 10.4. The fourth-order valence-electron chi connectivity index (χ4n) is 3.27. The molecular formula is C23H23N7O9S. The van der Waals surface area contributed by atoms with Crippen molar-refractivity contribution in [3.05, 3.63) is 61.4 Å². The maximum Gasteiger partial charge on any atom is 0.307 e. The molecule has 210 valence electrons. The molecule has 1 N–H and O–H groups in total. The van der Waals surface area contributed by atoms with Gasteiger partial charge in [0.25, 0.3) is 5.69 Å². The molecule has 2 aromatic carbocycles. The van der Waals surface area contributed by atoms with Crippen LogP contribution in [-0.2, 0) is 23.9 Å². The van der Waals surface area contributed by atoms with Crippen molar-refractivity contribution < 1.29 is 33.7 Å². The molecule has 0 radical (unpaired) electrons. The van der Waals surface area contributed by atoms with Crippen molar-refractivity contribution in [1.29, 1.82) is 0 Å². The van der Waals surface area contributed by atoms with Crippen LogP contribution in [0.25, 0.3) is 4.25 Å². The summed E-state index contributed by atoms with van der Waals surface area (Å²) < 4.78 is 12.4. The van der Waals surface area contributed by atoms with Crippen molar-refractivity contribution in [3.8, 4) is 0 Å². The quantitative estimate of drug-likeness (QED) is 0.0866. The molecule has 0 aliphatic carbocycles. The number of nitro groups is 2. The zero-order chi connectivity index (χ0) is 29.8. The predicted octanol–water partition coefficient (Wildman–Crippen LogP) is 4.74. The maximum absolute atomic E-state index is 11.9. The highest BCUT2D eigenvalue weighted by atomic mass is 32.2. The van der Waals surface area contributed by atoms with Gasteiger partial charge < -0.3 is 19.7 Å². The Kier molecular flexibility index (Phi) is 11.5. The van der Waals surface area contributed by atoms with Crippen molar-refractivity contribution >= 4 is 63.9 Å². The van der Waals surface area contributed by atoms with Crippen LogP contribution < -0.4 is 10.2 Å². The van der Waals surface area contributed by atoms with Gasteiger partial charge in [-0.2, -0.15) is 0 Å². The van der Waals surface area contributed by atoms with Crippen LogP contribution in [0.5, 0.6) is 0 Å². The predicted molar refractivity (Wildman–Crippen MR) is 143 cm³/mol. The zero-order valence-electron chi connectivity index (χ0n) is 21.5. The lowest BCUT2D eigenvalue weighted by molar-refractivity contribution is -0.395. The number of nitro benzene ring substituents is 2. The van der Waals surface area contributed by atoms with E-state index in [-0.39, 0.29) is 47.9 Å². The Hall–Kier alpha value is -5.11. The van der Waals surface area contributed by atoms with E-state index >= 15 is 0 Å². The zero-order valence-corrected chi connectivity index (χ0v) is 22.3. The Bertz CT molecular complexity index is 1370. The molecule has 0 aliphatic heterocycles. The molecule has 2 aromatic rings. The molecule has 2 rings (SSSR count). The number of carbonyl (C=O) groups is 3. The summed E-state index contributed by atoms with van der Waals surface area (Å²) in [5.74, 6) is -1.42. The van der Waals surface area contributed by atoms with Gasteiger partial charge in [-0.25, -0.2) is 10.8 Å². The van der Waals surface area contributed by atoms with Crippen LogP contribution in [-0.4, -0.2) is 55.0 Å². The third kappa shape index (κ3) is 8.73. The average molecular weight is 574 g/mol. The van der Waals surface area contributed by atoms with Crippen molar-refractivity contribution in [2.24, 2.45) is 10.2 Å². The molecule has 16 nitrogen and oxygen atoms in total. The summed E-state index contributed by atoms with van der Waals surface area (Å²) in [5, 5.41) is 33.3. The number of azo groups is 1. The number of nitrogens with one attached hydrogen (secondary N) is 1. The number of hydrogen-bond acceptors (Lipinski definition) is 13. The molecule has 0 saturated heterocycles. The fourth-order valence-corrected chi connectivity index (χ4v) is 3.76. The lowest BCUT2D eigenvalue weighted by Crippen LogP contribution is -2.29. The van der Waals surface area contributed by atoms with Gasteiger partial charge in [0.15, 0.2) is 10.6 Å². The van der Waals surface area contributed by atoms with Crippen molar-refractivity contribution in [3.63, 3.8) is 0 Å². The number of nitrogens with zero attached hydrogens (tertiary/aromatic N) is 6. The van der Waals surface area contributed by atoms with Crippen molar-refractivity contribution in [1.82, 2.24) is 0 Å². The third-order valence-corrected chi connectivity index (χ3v) is 5.76. The summed E-state index contributed by atoms with van der Waals surface area (Å²) in [6.07, 6.45) is 0.00668. The molecule has 0 heterocycles. The Balaban J connectivity index is 2.55. The number of ether oxygens (including phenoxy) is 2. The van der Waals surface area contributed by atoms with E-state index < -0.39 is 39.1 Å². The van der Waals surface area contributed by atoms with E-state index in [2.05, 4.69) is 29.3 Å². The summed E-state index contributed by atoms with van der Waals surface area (Å²) in [7, 11) is 2.49. The molecule has 0 bridgehead atoms. The van der Waals surface area contributed by atoms with Gasteiger partial charge in [-0.15, -0.1) is 10.2 Å². The lowest BCUT2D eigenvalue weighted by Gasteiger charge is -2.25. The number of benzene rings is 2. The largest absolute Gasteiger partial charge is 0.469 e. The second-order valence-electron chi connectivity index (χ2n) is 7.73. The van der Waals surface area contributed by atoms with Gasteiger partial charge >= 0.3 is 29.6 Å². The van der Waals surface area contributed by atoms with E-state index in [1.807, 2.05) is 0 Å². The van der Waals surface area contributed by atoms with Gasteiger partial charge in [0.05, 0.1) is 48.7 Å². The van der Waals surface area contributed by atoms with Gasteiger partial charge in [0, 0.05) is 31.8 Å². The highest BCUT2D eigenvalue weighted by molar-refractivity contribution is 8.01. The Morgan fingerprint density at radius 1 is 0.975 bits per heavy atom. The molecule has 0 aromatic heterocycles. The van der Waals surface area contributed by atoms with Gasteiger partial charge in [0.2, 0.25) is 5.91 Å². The molecule has 0 atom stereocenters. The summed E-state index contributed by atoms with van der Waals surface area (Å²) in [6.45, 7) is 8.56. The van der Waals surface area contributed by atoms with Gasteiger partial charge in [-0.05, 0) is 18.2 Å². The minimum Gasteiger partial charge on any atom is -0.469 e. The Labute approximate surface area is 231 Å². The Morgan fingerprint density at radius 2 is 1.55 bits per heavy atom. The molecule has 1 amide bonds. The second-order valence-corrected chi connectivity index (χ2v) is 8.53. The lowest BCUT2D eigenvalue weighted by atomic mass is 10.2. The smallest absolute Gasteiger partial charge is 0.307 e. The molecule has 17 heteroatoms. The monoisotopic (exact) mass is 573 g/mol. The van der Waals surface area contributed by atoms with Crippen LogP contribution in [0, 0.1) is 26.8 Å². The summed E-state index contributed by atoms with van der Waals surface area (Å²) in [5.41, 5.74) is -0.972. The van der Waals surface area contributed by atoms with Gasteiger partial charge in [0.1, 0.15) is 5.69 Å². The molecule has 0 spiro atoms. The number of anilines is 2. The van der Waals surface area contributed by atoms with Crippen LogP contribution in [0.4, 0.5) is 34.1 Å². The highest BCUT2D eigenvalue weighted by Gasteiger charge is 2.27. The first-order valence-electron chi connectivity index (χ1n) is 11.2. The molecule has 0 unspecified atom stereocenters. The number of amides is 1. The molecular weight excluding hydrogens is 550 g/mol. The average Bonchev–Trinajstić information content (AvgIpc) is 2.91. The van der Waals surface area contributed by atoms with E-state index in [4.69, 9.17) is 6.57 Å².